The number of likely N-dealkylation sites (tertiary alicyclic amines) is 1. The van der Waals surface area contributed by atoms with Crippen molar-refractivity contribution < 1.29 is 4.79 Å². The van der Waals surface area contributed by atoms with E-state index >= 15 is 0 Å². The SMILES string of the molecule is CN1C(=O)C2C=CC21. The molecule has 1 heterocycles. The average molecular weight is 109 g/mol. The standard InChI is InChI=1S/C6H7NO/c1-7-5-3-2-4(5)6(7)8/h2-5H,1H3. The summed E-state index contributed by atoms with van der Waals surface area (Å²) in [6.45, 7) is 0. The number of nitrogens with zero attached hydrogens (tertiary/aromatic N) is 1. The molecule has 0 aromatic carbocycles. The number of amides is 1. The molecule has 2 rings (SSSR count). The summed E-state index contributed by atoms with van der Waals surface area (Å²) < 4.78 is 0. The number of β-lactam (4-membered cyclic amide) rings is 1. The molecule has 0 N–H and O–H groups in total. The smallest absolute Gasteiger partial charge is 0.232 e. The maximum atomic E-state index is 10.7. The van der Waals surface area contributed by atoms with Crippen LogP contribution in [0.4, 0.5) is 0 Å². The molecule has 2 heteroatoms. The van der Waals surface area contributed by atoms with Gasteiger partial charge in [-0.05, 0) is 0 Å². The molecule has 8 heavy (non-hydrogen) atoms. The molecule has 0 aromatic heterocycles. The molecule has 0 radical (unpaired) electrons. The highest BCUT2D eigenvalue weighted by Gasteiger charge is 2.46. The minimum atomic E-state index is 0.264. The van der Waals surface area contributed by atoms with Gasteiger partial charge in [-0.3, -0.25) is 4.79 Å². The number of fused-ring (bicyclic) bond motifs is 1. The van der Waals surface area contributed by atoms with Crippen LogP contribution in [0.25, 0.3) is 0 Å². The predicted octanol–water partition coefficient (Wildman–Crippen LogP) is 0.0130. The van der Waals surface area contributed by atoms with Gasteiger partial charge in [-0.25, -0.2) is 0 Å². The highest BCUT2D eigenvalue weighted by molar-refractivity contribution is 5.90. The molecular formula is C6H7NO. The second-order valence-electron chi connectivity index (χ2n) is 2.35. The zero-order valence-corrected chi connectivity index (χ0v) is 4.66. The molecule has 2 aliphatic rings. The van der Waals surface area contributed by atoms with Gasteiger partial charge in [0.15, 0.2) is 0 Å². The Balaban J connectivity index is 2.27. The van der Waals surface area contributed by atoms with Crippen molar-refractivity contribution in [3.63, 3.8) is 0 Å². The van der Waals surface area contributed by atoms with Crippen LogP contribution in [-0.2, 0) is 4.79 Å². The fourth-order valence-corrected chi connectivity index (χ4v) is 1.22. The van der Waals surface area contributed by atoms with Crippen LogP contribution in [0, 0.1) is 5.92 Å². The van der Waals surface area contributed by atoms with Crippen molar-refractivity contribution in [2.45, 2.75) is 6.04 Å². The van der Waals surface area contributed by atoms with E-state index in [1.807, 2.05) is 13.1 Å². The summed E-state index contributed by atoms with van der Waals surface area (Å²) in [5.41, 5.74) is 0. The molecule has 0 spiro atoms. The quantitative estimate of drug-likeness (QED) is 0.317. The lowest BCUT2D eigenvalue weighted by molar-refractivity contribution is -0.149. The van der Waals surface area contributed by atoms with Gasteiger partial charge in [-0.2, -0.15) is 0 Å². The zero-order chi connectivity index (χ0) is 5.72. The van der Waals surface area contributed by atoms with Crippen molar-refractivity contribution in [2.24, 2.45) is 5.92 Å². The Morgan fingerprint density at radius 1 is 1.62 bits per heavy atom. The second-order valence-corrected chi connectivity index (χ2v) is 2.35. The Bertz CT molecular complexity index is 173. The Kier molecular flexibility index (Phi) is 0.498. The predicted molar refractivity (Wildman–Crippen MR) is 29.2 cm³/mol. The van der Waals surface area contributed by atoms with Gasteiger partial charge >= 0.3 is 0 Å². The molecule has 2 nitrogen and oxygen atoms in total. The second kappa shape index (κ2) is 0.966. The van der Waals surface area contributed by atoms with Crippen LogP contribution in [0.1, 0.15) is 0 Å². The highest BCUT2D eigenvalue weighted by Crippen LogP contribution is 2.34. The lowest BCUT2D eigenvalue weighted by Crippen LogP contribution is -2.60. The first kappa shape index (κ1) is 4.13. The number of likely N-dealkylation sites (N-methyl/N-ethyl adjacent to an activating group) is 1. The summed E-state index contributed by atoms with van der Waals surface area (Å²) >= 11 is 0. The van der Waals surface area contributed by atoms with Gasteiger partial charge < -0.3 is 4.90 Å². The van der Waals surface area contributed by atoms with Gasteiger partial charge in [0.25, 0.3) is 0 Å². The lowest BCUT2D eigenvalue weighted by atomic mass is 9.79. The lowest BCUT2D eigenvalue weighted by Gasteiger charge is -2.47. The summed E-state index contributed by atoms with van der Waals surface area (Å²) in [7, 11) is 1.84. The fourth-order valence-electron chi connectivity index (χ4n) is 1.22. The summed E-state index contributed by atoms with van der Waals surface area (Å²) in [5.74, 6) is 0.539. The first-order valence-electron chi connectivity index (χ1n) is 2.76. The van der Waals surface area contributed by atoms with Crippen LogP contribution in [0.3, 0.4) is 0 Å². The molecule has 2 atom stereocenters. The van der Waals surface area contributed by atoms with Crippen LogP contribution in [0.5, 0.6) is 0 Å². The molecule has 2 unspecified atom stereocenters. The van der Waals surface area contributed by atoms with Gasteiger partial charge in [0, 0.05) is 7.05 Å². The summed E-state index contributed by atoms with van der Waals surface area (Å²) in [5, 5.41) is 0. The molecule has 1 aliphatic heterocycles. The van der Waals surface area contributed by atoms with E-state index in [-0.39, 0.29) is 11.8 Å². The van der Waals surface area contributed by atoms with Crippen molar-refractivity contribution in [3.8, 4) is 0 Å². The molecule has 0 saturated carbocycles. The Hall–Kier alpha value is -0.790. The minimum absolute atomic E-state index is 0.264. The molecule has 0 bridgehead atoms. The third-order valence-electron chi connectivity index (χ3n) is 1.96. The van der Waals surface area contributed by atoms with E-state index in [4.69, 9.17) is 0 Å². The fraction of sp³-hybridized carbons (Fsp3) is 0.500. The zero-order valence-electron chi connectivity index (χ0n) is 4.66. The maximum Gasteiger partial charge on any atom is 0.232 e. The van der Waals surface area contributed by atoms with Crippen LogP contribution in [0.2, 0.25) is 0 Å². The highest BCUT2D eigenvalue weighted by atomic mass is 16.2. The summed E-state index contributed by atoms with van der Waals surface area (Å²) in [6, 6.07) is 0.461. The van der Waals surface area contributed by atoms with Gasteiger partial charge in [0.2, 0.25) is 5.91 Å². The number of rotatable bonds is 0. The molecule has 1 aliphatic carbocycles. The number of hydrogen-bond acceptors (Lipinski definition) is 1. The molecule has 1 fully saturated rings. The first-order valence-corrected chi connectivity index (χ1v) is 2.76. The van der Waals surface area contributed by atoms with E-state index in [2.05, 4.69) is 6.08 Å². The normalized spacial score (nSPS) is 40.6. The van der Waals surface area contributed by atoms with E-state index in [1.54, 1.807) is 4.90 Å². The number of carbonyl (C=O) groups excluding carboxylic acids is 1. The molecule has 42 valence electrons. The van der Waals surface area contributed by atoms with Crippen LogP contribution in [-0.4, -0.2) is 23.9 Å². The number of carbonyl (C=O) groups is 1. The van der Waals surface area contributed by atoms with Crippen molar-refractivity contribution in [2.75, 3.05) is 7.05 Å². The summed E-state index contributed by atoms with van der Waals surface area (Å²) in [4.78, 5) is 12.5. The van der Waals surface area contributed by atoms with Crippen molar-refractivity contribution in [1.82, 2.24) is 4.90 Å². The Morgan fingerprint density at radius 3 is 2.50 bits per heavy atom. The van der Waals surface area contributed by atoms with Gasteiger partial charge in [-0.1, -0.05) is 12.2 Å². The van der Waals surface area contributed by atoms with Crippen molar-refractivity contribution in [1.29, 1.82) is 0 Å². The number of hydrogen-bond donors (Lipinski definition) is 0. The third kappa shape index (κ3) is 0.226. The van der Waals surface area contributed by atoms with Crippen LogP contribution >= 0.6 is 0 Å². The maximum absolute atomic E-state index is 10.7. The van der Waals surface area contributed by atoms with E-state index in [9.17, 15) is 4.79 Å². The van der Waals surface area contributed by atoms with E-state index in [1.165, 1.54) is 0 Å². The average Bonchev–Trinajstić information content (AvgIpc) is 1.64. The van der Waals surface area contributed by atoms with Crippen LogP contribution in [0.15, 0.2) is 12.2 Å². The van der Waals surface area contributed by atoms with Gasteiger partial charge in [0.05, 0.1) is 12.0 Å². The molecule has 0 aromatic rings. The van der Waals surface area contributed by atoms with Crippen LogP contribution < -0.4 is 0 Å². The molecular weight excluding hydrogens is 102 g/mol. The Morgan fingerprint density at radius 2 is 2.38 bits per heavy atom. The molecule has 1 saturated heterocycles. The van der Waals surface area contributed by atoms with Crippen molar-refractivity contribution >= 4 is 5.91 Å². The topological polar surface area (TPSA) is 20.3 Å². The van der Waals surface area contributed by atoms with E-state index < -0.39 is 0 Å². The summed E-state index contributed by atoms with van der Waals surface area (Å²) in [6.07, 6.45) is 4.03. The minimum Gasteiger partial charge on any atom is -0.338 e. The Labute approximate surface area is 47.8 Å². The van der Waals surface area contributed by atoms with Crippen molar-refractivity contribution in [3.05, 3.63) is 12.2 Å². The van der Waals surface area contributed by atoms with E-state index in [0.717, 1.165) is 0 Å². The van der Waals surface area contributed by atoms with E-state index in [0.29, 0.717) is 6.04 Å². The molecule has 1 amide bonds. The monoisotopic (exact) mass is 109 g/mol. The third-order valence-corrected chi connectivity index (χ3v) is 1.96. The van der Waals surface area contributed by atoms with Gasteiger partial charge in [-0.15, -0.1) is 0 Å². The largest absolute Gasteiger partial charge is 0.338 e. The van der Waals surface area contributed by atoms with Gasteiger partial charge in [0.1, 0.15) is 0 Å². The first-order chi connectivity index (χ1) is 3.80.